The highest BCUT2D eigenvalue weighted by Gasteiger charge is 2.10. The first kappa shape index (κ1) is 19.4. The van der Waals surface area contributed by atoms with Crippen LogP contribution in [0.5, 0.6) is 0 Å². The van der Waals surface area contributed by atoms with Crippen molar-refractivity contribution < 1.29 is 9.84 Å². The Morgan fingerprint density at radius 3 is 2.61 bits per heavy atom. The standard InChI is InChI=1S/C17H30N4O2/c1-18-17(19-9-10-21(2)11-12-23-3)20-13-16(14-22)15-7-5-4-6-8-15/h4-8,16,22H,9-14H2,1-3H3,(H2,18,19,20). The Kier molecular flexibility index (Phi) is 10.0. The van der Waals surface area contributed by atoms with Crippen molar-refractivity contribution in [3.8, 4) is 0 Å². The smallest absolute Gasteiger partial charge is 0.191 e. The minimum atomic E-state index is 0.0547. The monoisotopic (exact) mass is 322 g/mol. The molecule has 1 rings (SSSR count). The maximum absolute atomic E-state index is 9.58. The topological polar surface area (TPSA) is 69.1 Å². The van der Waals surface area contributed by atoms with Crippen LogP contribution in [-0.4, -0.2) is 76.6 Å². The first-order chi connectivity index (χ1) is 11.2. The van der Waals surface area contributed by atoms with Crippen LogP contribution in [0.1, 0.15) is 11.5 Å². The van der Waals surface area contributed by atoms with Gasteiger partial charge in [0.1, 0.15) is 0 Å². The maximum atomic E-state index is 9.58. The quantitative estimate of drug-likeness (QED) is 0.432. The summed E-state index contributed by atoms with van der Waals surface area (Å²) in [4.78, 5) is 6.42. The van der Waals surface area contributed by atoms with Gasteiger partial charge in [-0.05, 0) is 12.6 Å². The molecular weight excluding hydrogens is 292 g/mol. The first-order valence-electron chi connectivity index (χ1n) is 7.99. The Morgan fingerprint density at radius 2 is 2.00 bits per heavy atom. The van der Waals surface area contributed by atoms with Gasteiger partial charge in [0.15, 0.2) is 5.96 Å². The van der Waals surface area contributed by atoms with Gasteiger partial charge >= 0.3 is 0 Å². The fraction of sp³-hybridized carbons (Fsp3) is 0.588. The molecular formula is C17H30N4O2. The molecule has 1 atom stereocenters. The van der Waals surface area contributed by atoms with Gasteiger partial charge in [0.25, 0.3) is 0 Å². The Bertz CT molecular complexity index is 439. The number of ether oxygens (including phenoxy) is 1. The van der Waals surface area contributed by atoms with Crippen molar-refractivity contribution in [2.24, 2.45) is 4.99 Å². The zero-order chi connectivity index (χ0) is 16.9. The fourth-order valence-electron chi connectivity index (χ4n) is 2.18. The number of aliphatic hydroxyl groups excluding tert-OH is 1. The van der Waals surface area contributed by atoms with Gasteiger partial charge in [0.05, 0.1) is 13.2 Å². The lowest BCUT2D eigenvalue weighted by Gasteiger charge is -2.20. The van der Waals surface area contributed by atoms with E-state index >= 15 is 0 Å². The van der Waals surface area contributed by atoms with Gasteiger partial charge in [-0.15, -0.1) is 0 Å². The van der Waals surface area contributed by atoms with E-state index in [1.807, 2.05) is 30.3 Å². The Morgan fingerprint density at radius 1 is 1.26 bits per heavy atom. The number of aliphatic imine (C=N–C) groups is 1. The lowest BCUT2D eigenvalue weighted by atomic mass is 10.0. The van der Waals surface area contributed by atoms with E-state index in [9.17, 15) is 5.11 Å². The third-order valence-electron chi connectivity index (χ3n) is 3.69. The van der Waals surface area contributed by atoms with E-state index in [2.05, 4.69) is 27.6 Å². The van der Waals surface area contributed by atoms with E-state index in [0.29, 0.717) is 6.54 Å². The van der Waals surface area contributed by atoms with Crippen LogP contribution in [0, 0.1) is 0 Å². The Labute approximate surface area is 139 Å². The summed E-state index contributed by atoms with van der Waals surface area (Å²) in [5, 5.41) is 16.1. The maximum Gasteiger partial charge on any atom is 0.191 e. The zero-order valence-corrected chi connectivity index (χ0v) is 14.5. The van der Waals surface area contributed by atoms with Crippen molar-refractivity contribution in [3.63, 3.8) is 0 Å². The number of likely N-dealkylation sites (N-methyl/N-ethyl adjacent to an activating group) is 1. The van der Waals surface area contributed by atoms with Crippen molar-refractivity contribution in [1.82, 2.24) is 15.5 Å². The average molecular weight is 322 g/mol. The molecule has 0 heterocycles. The van der Waals surface area contributed by atoms with Crippen LogP contribution in [0.4, 0.5) is 0 Å². The van der Waals surface area contributed by atoms with Crippen LogP contribution in [0.3, 0.4) is 0 Å². The lowest BCUT2D eigenvalue weighted by molar-refractivity contribution is 0.162. The molecule has 0 radical (unpaired) electrons. The van der Waals surface area contributed by atoms with Gasteiger partial charge < -0.3 is 25.4 Å². The minimum absolute atomic E-state index is 0.0547. The number of guanidine groups is 1. The summed E-state index contributed by atoms with van der Waals surface area (Å²) >= 11 is 0. The van der Waals surface area contributed by atoms with Crippen LogP contribution in [0.25, 0.3) is 0 Å². The van der Waals surface area contributed by atoms with Crippen LogP contribution < -0.4 is 10.6 Å². The Balaban J connectivity index is 2.33. The van der Waals surface area contributed by atoms with Gasteiger partial charge in [0, 0.05) is 46.3 Å². The first-order valence-corrected chi connectivity index (χ1v) is 7.99. The summed E-state index contributed by atoms with van der Waals surface area (Å²) < 4.78 is 5.06. The summed E-state index contributed by atoms with van der Waals surface area (Å²) in [6.07, 6.45) is 0. The number of nitrogens with one attached hydrogen (secondary N) is 2. The van der Waals surface area contributed by atoms with E-state index in [1.165, 1.54) is 0 Å². The number of aliphatic hydroxyl groups is 1. The molecule has 0 spiro atoms. The third-order valence-corrected chi connectivity index (χ3v) is 3.69. The van der Waals surface area contributed by atoms with Crippen LogP contribution >= 0.6 is 0 Å². The van der Waals surface area contributed by atoms with Gasteiger partial charge in [-0.2, -0.15) is 0 Å². The molecule has 1 aromatic rings. The number of hydrogen-bond donors (Lipinski definition) is 3. The molecule has 0 saturated carbocycles. The predicted octanol–water partition coefficient (Wildman–Crippen LogP) is 0.506. The molecule has 0 bridgehead atoms. The summed E-state index contributed by atoms with van der Waals surface area (Å²) in [6.45, 7) is 4.10. The second-order valence-corrected chi connectivity index (χ2v) is 5.47. The van der Waals surface area contributed by atoms with Gasteiger partial charge in [-0.1, -0.05) is 30.3 Å². The molecule has 0 fully saturated rings. The summed E-state index contributed by atoms with van der Waals surface area (Å²) in [7, 11) is 5.52. The highest BCUT2D eigenvalue weighted by atomic mass is 16.5. The molecule has 0 amide bonds. The average Bonchev–Trinajstić information content (AvgIpc) is 2.59. The molecule has 6 heteroatoms. The SMILES string of the molecule is CN=C(NCCN(C)CCOC)NCC(CO)c1ccccc1. The molecule has 130 valence electrons. The third kappa shape index (κ3) is 7.97. The van der Waals surface area contributed by atoms with Crippen molar-refractivity contribution >= 4 is 5.96 Å². The number of methoxy groups -OCH3 is 1. The van der Waals surface area contributed by atoms with E-state index < -0.39 is 0 Å². The Hall–Kier alpha value is -1.63. The molecule has 0 aromatic heterocycles. The number of nitrogens with zero attached hydrogens (tertiary/aromatic N) is 2. The van der Waals surface area contributed by atoms with Gasteiger partial charge in [-0.25, -0.2) is 0 Å². The highest BCUT2D eigenvalue weighted by molar-refractivity contribution is 5.79. The zero-order valence-electron chi connectivity index (χ0n) is 14.5. The molecule has 6 nitrogen and oxygen atoms in total. The fourth-order valence-corrected chi connectivity index (χ4v) is 2.18. The summed E-state index contributed by atoms with van der Waals surface area (Å²) in [5.41, 5.74) is 1.12. The van der Waals surface area contributed by atoms with E-state index in [1.54, 1.807) is 14.2 Å². The van der Waals surface area contributed by atoms with Crippen LogP contribution in [-0.2, 0) is 4.74 Å². The molecule has 23 heavy (non-hydrogen) atoms. The van der Waals surface area contributed by atoms with Crippen LogP contribution in [0.15, 0.2) is 35.3 Å². The highest BCUT2D eigenvalue weighted by Crippen LogP contribution is 2.13. The van der Waals surface area contributed by atoms with E-state index in [0.717, 1.165) is 37.8 Å². The second kappa shape index (κ2) is 11.9. The number of benzene rings is 1. The van der Waals surface area contributed by atoms with E-state index in [-0.39, 0.29) is 12.5 Å². The van der Waals surface area contributed by atoms with Crippen molar-refractivity contribution in [2.75, 3.05) is 60.6 Å². The lowest BCUT2D eigenvalue weighted by Crippen LogP contribution is -2.43. The van der Waals surface area contributed by atoms with Gasteiger partial charge in [0.2, 0.25) is 0 Å². The van der Waals surface area contributed by atoms with Crippen molar-refractivity contribution in [2.45, 2.75) is 5.92 Å². The number of rotatable bonds is 10. The van der Waals surface area contributed by atoms with E-state index in [4.69, 9.17) is 4.74 Å². The molecule has 3 N–H and O–H groups in total. The van der Waals surface area contributed by atoms with Gasteiger partial charge in [-0.3, -0.25) is 4.99 Å². The summed E-state index contributed by atoms with van der Waals surface area (Å²) in [5.74, 6) is 0.804. The minimum Gasteiger partial charge on any atom is -0.396 e. The normalized spacial score (nSPS) is 13.2. The molecule has 0 aliphatic carbocycles. The molecule has 0 saturated heterocycles. The molecule has 0 aliphatic heterocycles. The predicted molar refractivity (Wildman–Crippen MR) is 95.0 cm³/mol. The van der Waals surface area contributed by atoms with Crippen LogP contribution in [0.2, 0.25) is 0 Å². The second-order valence-electron chi connectivity index (χ2n) is 5.47. The van der Waals surface area contributed by atoms with Crippen molar-refractivity contribution in [1.29, 1.82) is 0 Å². The van der Waals surface area contributed by atoms with Crippen molar-refractivity contribution in [3.05, 3.63) is 35.9 Å². The number of hydrogen-bond acceptors (Lipinski definition) is 4. The molecule has 1 aromatic carbocycles. The summed E-state index contributed by atoms with van der Waals surface area (Å²) in [6, 6.07) is 10.0. The molecule has 0 aliphatic rings. The largest absolute Gasteiger partial charge is 0.396 e. The molecule has 1 unspecified atom stereocenters.